The van der Waals surface area contributed by atoms with Crippen molar-refractivity contribution in [3.8, 4) is 11.5 Å². The van der Waals surface area contributed by atoms with E-state index in [1.807, 2.05) is 42.7 Å². The molecular formula is C22H23N3O6. The van der Waals surface area contributed by atoms with Crippen LogP contribution < -0.4 is 14.9 Å². The van der Waals surface area contributed by atoms with E-state index in [0.717, 1.165) is 17.1 Å². The van der Waals surface area contributed by atoms with Crippen LogP contribution in [0.15, 0.2) is 35.4 Å². The molecule has 9 heteroatoms. The van der Waals surface area contributed by atoms with Gasteiger partial charge in [0.2, 0.25) is 11.7 Å². The van der Waals surface area contributed by atoms with E-state index < -0.39 is 12.6 Å². The van der Waals surface area contributed by atoms with Gasteiger partial charge in [0.25, 0.3) is 0 Å². The van der Waals surface area contributed by atoms with E-state index in [4.69, 9.17) is 14.2 Å². The van der Waals surface area contributed by atoms with Crippen molar-refractivity contribution in [2.75, 3.05) is 13.2 Å². The molecule has 2 aromatic rings. The monoisotopic (exact) mass is 425 g/mol. The number of para-hydroxylation sites is 2. The Morgan fingerprint density at radius 2 is 2.00 bits per heavy atom. The molecule has 0 radical (unpaired) electrons. The quantitative estimate of drug-likeness (QED) is 0.560. The predicted octanol–water partition coefficient (Wildman–Crippen LogP) is 1.94. The zero-order chi connectivity index (χ0) is 22.0. The van der Waals surface area contributed by atoms with Crippen LogP contribution in [0.4, 0.5) is 0 Å². The van der Waals surface area contributed by atoms with Crippen LogP contribution in [0.5, 0.6) is 11.5 Å². The first-order chi connectivity index (χ1) is 14.9. The van der Waals surface area contributed by atoms with Gasteiger partial charge >= 0.3 is 5.97 Å². The number of ether oxygens (including phenoxy) is 3. The molecule has 1 N–H and O–H groups in total. The van der Waals surface area contributed by atoms with E-state index in [-0.39, 0.29) is 36.3 Å². The minimum absolute atomic E-state index is 0.104. The summed E-state index contributed by atoms with van der Waals surface area (Å²) in [6, 6.07) is 9.29. The third-order valence-electron chi connectivity index (χ3n) is 5.30. The Hall–Kier alpha value is -3.62. The highest BCUT2D eigenvalue weighted by Gasteiger charge is 2.25. The van der Waals surface area contributed by atoms with Crippen molar-refractivity contribution in [3.05, 3.63) is 47.3 Å². The Balaban J connectivity index is 1.39. The fraction of sp³-hybridized carbons (Fsp3) is 0.364. The summed E-state index contributed by atoms with van der Waals surface area (Å²) in [5.74, 6) is 0.162. The SMILES string of the molecule is Cc1cc(C(=O)COC(=O)C2=NNC(=O)CC2)c(C)n1C[C@H]1COc2ccccc2O1. The molecule has 3 heterocycles. The maximum absolute atomic E-state index is 12.7. The highest BCUT2D eigenvalue weighted by Crippen LogP contribution is 2.31. The Kier molecular flexibility index (Phi) is 5.75. The van der Waals surface area contributed by atoms with E-state index >= 15 is 0 Å². The Morgan fingerprint density at radius 3 is 2.74 bits per heavy atom. The summed E-state index contributed by atoms with van der Waals surface area (Å²) >= 11 is 0. The number of hydrogen-bond donors (Lipinski definition) is 1. The maximum Gasteiger partial charge on any atom is 0.354 e. The van der Waals surface area contributed by atoms with Crippen LogP contribution in [0.2, 0.25) is 0 Å². The number of aromatic nitrogens is 1. The van der Waals surface area contributed by atoms with Crippen molar-refractivity contribution in [2.45, 2.75) is 39.3 Å². The number of esters is 1. The lowest BCUT2D eigenvalue weighted by Crippen LogP contribution is -2.33. The molecule has 162 valence electrons. The van der Waals surface area contributed by atoms with Crippen LogP contribution in [0.1, 0.15) is 34.6 Å². The molecular weight excluding hydrogens is 402 g/mol. The van der Waals surface area contributed by atoms with Gasteiger partial charge in [0.1, 0.15) is 12.3 Å². The number of carbonyl (C=O) groups excluding carboxylic acids is 3. The van der Waals surface area contributed by atoms with E-state index in [2.05, 4.69) is 10.5 Å². The zero-order valence-electron chi connectivity index (χ0n) is 17.3. The third-order valence-corrected chi connectivity index (χ3v) is 5.30. The zero-order valence-corrected chi connectivity index (χ0v) is 17.3. The first-order valence-corrected chi connectivity index (χ1v) is 10.0. The molecule has 0 aliphatic carbocycles. The minimum Gasteiger partial charge on any atom is -0.486 e. The number of ketones is 1. The second-order valence-electron chi connectivity index (χ2n) is 7.49. The summed E-state index contributed by atoms with van der Waals surface area (Å²) in [5, 5.41) is 3.68. The number of benzene rings is 1. The number of fused-ring (bicyclic) bond motifs is 1. The highest BCUT2D eigenvalue weighted by atomic mass is 16.6. The number of rotatable bonds is 6. The number of amides is 1. The largest absolute Gasteiger partial charge is 0.486 e. The number of hydrogen-bond acceptors (Lipinski definition) is 7. The van der Waals surface area contributed by atoms with E-state index in [1.54, 1.807) is 6.07 Å². The highest BCUT2D eigenvalue weighted by molar-refractivity contribution is 6.37. The summed E-state index contributed by atoms with van der Waals surface area (Å²) in [6.45, 7) is 4.29. The molecule has 1 amide bonds. The fourth-order valence-corrected chi connectivity index (χ4v) is 3.63. The molecule has 0 bridgehead atoms. The number of Topliss-reactive ketones (excluding diaryl/α,β-unsaturated/α-hetero) is 1. The number of carbonyl (C=O) groups is 3. The normalized spacial score (nSPS) is 17.5. The average molecular weight is 425 g/mol. The number of hydrazone groups is 1. The molecule has 1 atom stereocenters. The van der Waals surface area contributed by atoms with Crippen molar-refractivity contribution in [1.82, 2.24) is 9.99 Å². The summed E-state index contributed by atoms with van der Waals surface area (Å²) in [5.41, 5.74) is 4.49. The number of nitrogens with one attached hydrogen (secondary N) is 1. The molecule has 1 aromatic carbocycles. The first kappa shape index (κ1) is 20.6. The molecule has 0 saturated carbocycles. The summed E-state index contributed by atoms with van der Waals surface area (Å²) in [6.07, 6.45) is 0.167. The fourth-order valence-electron chi connectivity index (χ4n) is 3.63. The van der Waals surface area contributed by atoms with Crippen molar-refractivity contribution in [2.24, 2.45) is 5.10 Å². The summed E-state index contributed by atoms with van der Waals surface area (Å²) in [7, 11) is 0. The van der Waals surface area contributed by atoms with E-state index in [9.17, 15) is 14.4 Å². The Labute approximate surface area is 179 Å². The molecule has 1 aromatic heterocycles. The van der Waals surface area contributed by atoms with Gasteiger partial charge in [0.15, 0.2) is 24.2 Å². The van der Waals surface area contributed by atoms with Crippen LogP contribution in [0, 0.1) is 13.8 Å². The van der Waals surface area contributed by atoms with Crippen LogP contribution >= 0.6 is 0 Å². The second-order valence-corrected chi connectivity index (χ2v) is 7.49. The molecule has 2 aliphatic heterocycles. The molecule has 2 aliphatic rings. The van der Waals surface area contributed by atoms with E-state index in [0.29, 0.717) is 24.5 Å². The van der Waals surface area contributed by atoms with Gasteiger partial charge in [-0.15, -0.1) is 0 Å². The van der Waals surface area contributed by atoms with Crippen molar-refractivity contribution in [3.63, 3.8) is 0 Å². The van der Waals surface area contributed by atoms with Gasteiger partial charge in [-0.3, -0.25) is 9.59 Å². The molecule has 0 spiro atoms. The van der Waals surface area contributed by atoms with Crippen LogP contribution in [0.3, 0.4) is 0 Å². The Morgan fingerprint density at radius 1 is 1.23 bits per heavy atom. The van der Waals surface area contributed by atoms with Gasteiger partial charge in [-0.1, -0.05) is 12.1 Å². The maximum atomic E-state index is 12.7. The second kappa shape index (κ2) is 8.63. The smallest absolute Gasteiger partial charge is 0.354 e. The van der Waals surface area contributed by atoms with Gasteiger partial charge < -0.3 is 18.8 Å². The van der Waals surface area contributed by atoms with Gasteiger partial charge in [0.05, 0.1) is 6.54 Å². The van der Waals surface area contributed by atoms with Crippen molar-refractivity contribution < 1.29 is 28.6 Å². The lowest BCUT2D eigenvalue weighted by molar-refractivity contribution is -0.134. The van der Waals surface area contributed by atoms with Crippen LogP contribution in [-0.2, 0) is 20.9 Å². The minimum atomic E-state index is -0.700. The summed E-state index contributed by atoms with van der Waals surface area (Å²) < 4.78 is 18.9. The van der Waals surface area contributed by atoms with Crippen molar-refractivity contribution in [1.29, 1.82) is 0 Å². The van der Waals surface area contributed by atoms with Gasteiger partial charge in [-0.25, -0.2) is 10.2 Å². The molecule has 0 saturated heterocycles. The van der Waals surface area contributed by atoms with Gasteiger partial charge in [-0.05, 0) is 32.0 Å². The van der Waals surface area contributed by atoms with Crippen LogP contribution in [0.25, 0.3) is 0 Å². The summed E-state index contributed by atoms with van der Waals surface area (Å²) in [4.78, 5) is 35.9. The topological polar surface area (TPSA) is 108 Å². The lowest BCUT2D eigenvalue weighted by Gasteiger charge is -2.27. The first-order valence-electron chi connectivity index (χ1n) is 10.0. The lowest BCUT2D eigenvalue weighted by atomic mass is 10.1. The number of nitrogens with zero attached hydrogens (tertiary/aromatic N) is 2. The molecule has 31 heavy (non-hydrogen) atoms. The Bertz CT molecular complexity index is 1070. The van der Waals surface area contributed by atoms with Crippen molar-refractivity contribution >= 4 is 23.4 Å². The molecule has 9 nitrogen and oxygen atoms in total. The van der Waals surface area contributed by atoms with Gasteiger partial charge in [-0.2, -0.15) is 5.10 Å². The third kappa shape index (κ3) is 4.45. The van der Waals surface area contributed by atoms with Crippen LogP contribution in [-0.4, -0.2) is 47.3 Å². The molecule has 0 fully saturated rings. The standard InChI is InChI=1S/C22H23N3O6/c1-13-9-16(18(26)12-30-22(28)17-7-8-21(27)24-23-17)14(2)25(13)10-15-11-29-19-5-3-4-6-20(19)31-15/h3-6,9,15H,7-8,10-12H2,1-2H3,(H,24,27)/t15-/m0/s1. The molecule has 0 unspecified atom stereocenters. The molecule has 4 rings (SSSR count). The predicted molar refractivity (Wildman–Crippen MR) is 110 cm³/mol. The van der Waals surface area contributed by atoms with Gasteiger partial charge in [0, 0.05) is 29.8 Å². The number of aryl methyl sites for hydroxylation is 1. The average Bonchev–Trinajstić information content (AvgIpc) is 3.06. The van der Waals surface area contributed by atoms with E-state index in [1.165, 1.54) is 0 Å².